The van der Waals surface area contributed by atoms with Crippen molar-refractivity contribution in [2.75, 3.05) is 49.2 Å². The molecular formula is C21H27N3OS. The molecule has 1 aliphatic rings. The molecule has 0 saturated carbocycles. The highest BCUT2D eigenvalue weighted by molar-refractivity contribution is 7.97. The summed E-state index contributed by atoms with van der Waals surface area (Å²) in [4.78, 5) is 17.3. The average Bonchev–Trinajstić information content (AvgIpc) is 2.69. The molecule has 1 heterocycles. The average molecular weight is 370 g/mol. The summed E-state index contributed by atoms with van der Waals surface area (Å²) in [6.45, 7) is 7.67. The Kier molecular flexibility index (Phi) is 6.58. The van der Waals surface area contributed by atoms with Crippen molar-refractivity contribution in [3.8, 4) is 0 Å². The lowest BCUT2D eigenvalue weighted by atomic mass is 10.1. The van der Waals surface area contributed by atoms with Crippen molar-refractivity contribution in [3.63, 3.8) is 0 Å². The SMILES string of the molecule is CCN1CCN(c2ccc(NC(=O)c3ccc(CSC)cc3)cc2)CC1. The first-order valence-electron chi connectivity index (χ1n) is 9.16. The van der Waals surface area contributed by atoms with Gasteiger partial charge in [-0.2, -0.15) is 11.8 Å². The standard InChI is InChI=1S/C21H27N3OS/c1-3-23-12-14-24(15-13-23)20-10-8-19(9-11-20)22-21(25)18-6-4-17(5-7-18)16-26-2/h4-11H,3,12-16H2,1-2H3,(H,22,25). The van der Waals surface area contributed by atoms with Crippen LogP contribution in [-0.2, 0) is 5.75 Å². The van der Waals surface area contributed by atoms with Crippen molar-refractivity contribution in [3.05, 3.63) is 59.7 Å². The van der Waals surface area contributed by atoms with Gasteiger partial charge in [0, 0.05) is 48.9 Å². The number of benzene rings is 2. The van der Waals surface area contributed by atoms with E-state index in [1.54, 1.807) is 11.8 Å². The normalized spacial score (nSPS) is 15.1. The van der Waals surface area contributed by atoms with Gasteiger partial charge in [-0.05, 0) is 54.8 Å². The Bertz CT molecular complexity index is 707. The Morgan fingerprint density at radius 2 is 1.65 bits per heavy atom. The lowest BCUT2D eigenvalue weighted by Crippen LogP contribution is -2.46. The van der Waals surface area contributed by atoms with Crippen LogP contribution in [0.25, 0.3) is 0 Å². The zero-order valence-electron chi connectivity index (χ0n) is 15.6. The number of hydrogen-bond acceptors (Lipinski definition) is 4. The van der Waals surface area contributed by atoms with Crippen molar-refractivity contribution in [2.24, 2.45) is 0 Å². The van der Waals surface area contributed by atoms with Crippen molar-refractivity contribution >= 4 is 29.0 Å². The third-order valence-electron chi connectivity index (χ3n) is 4.84. The fourth-order valence-electron chi connectivity index (χ4n) is 3.20. The van der Waals surface area contributed by atoms with Gasteiger partial charge >= 0.3 is 0 Å². The van der Waals surface area contributed by atoms with Crippen molar-refractivity contribution < 1.29 is 4.79 Å². The third kappa shape index (κ3) is 4.80. The van der Waals surface area contributed by atoms with Gasteiger partial charge < -0.3 is 15.1 Å². The molecule has 4 nitrogen and oxygen atoms in total. The van der Waals surface area contributed by atoms with Crippen LogP contribution in [0.1, 0.15) is 22.8 Å². The molecule has 1 N–H and O–H groups in total. The van der Waals surface area contributed by atoms with Gasteiger partial charge in [-0.3, -0.25) is 4.79 Å². The topological polar surface area (TPSA) is 35.6 Å². The maximum atomic E-state index is 12.4. The number of likely N-dealkylation sites (N-methyl/N-ethyl adjacent to an activating group) is 1. The summed E-state index contributed by atoms with van der Waals surface area (Å²) in [5, 5.41) is 2.99. The fraction of sp³-hybridized carbons (Fsp3) is 0.381. The number of rotatable bonds is 6. The van der Waals surface area contributed by atoms with Crippen LogP contribution in [0, 0.1) is 0 Å². The Labute approximate surface area is 160 Å². The van der Waals surface area contributed by atoms with Crippen LogP contribution in [0.5, 0.6) is 0 Å². The third-order valence-corrected chi connectivity index (χ3v) is 5.46. The summed E-state index contributed by atoms with van der Waals surface area (Å²) >= 11 is 1.78. The van der Waals surface area contributed by atoms with E-state index in [1.165, 1.54) is 11.3 Å². The summed E-state index contributed by atoms with van der Waals surface area (Å²) < 4.78 is 0. The number of amides is 1. The smallest absolute Gasteiger partial charge is 0.255 e. The number of nitrogens with zero attached hydrogens (tertiary/aromatic N) is 2. The molecule has 0 aromatic heterocycles. The maximum absolute atomic E-state index is 12.4. The number of anilines is 2. The van der Waals surface area contributed by atoms with Crippen LogP contribution in [0.15, 0.2) is 48.5 Å². The Hall–Kier alpha value is -1.98. The second kappa shape index (κ2) is 9.10. The predicted octanol–water partition coefficient (Wildman–Crippen LogP) is 3.94. The summed E-state index contributed by atoms with van der Waals surface area (Å²) in [6, 6.07) is 16.0. The minimum atomic E-state index is -0.0648. The van der Waals surface area contributed by atoms with E-state index in [2.05, 4.69) is 40.4 Å². The van der Waals surface area contributed by atoms with E-state index in [9.17, 15) is 4.79 Å². The summed E-state index contributed by atoms with van der Waals surface area (Å²) in [5.74, 6) is 0.903. The van der Waals surface area contributed by atoms with Gasteiger partial charge in [0.2, 0.25) is 0 Å². The minimum Gasteiger partial charge on any atom is -0.369 e. The first-order chi connectivity index (χ1) is 12.7. The van der Waals surface area contributed by atoms with Gasteiger partial charge in [-0.15, -0.1) is 0 Å². The highest BCUT2D eigenvalue weighted by atomic mass is 32.2. The molecule has 26 heavy (non-hydrogen) atoms. The number of thioether (sulfide) groups is 1. The summed E-state index contributed by atoms with van der Waals surface area (Å²) in [5.41, 5.74) is 3.98. The number of nitrogens with one attached hydrogen (secondary N) is 1. The zero-order valence-corrected chi connectivity index (χ0v) is 16.4. The van der Waals surface area contributed by atoms with E-state index >= 15 is 0 Å². The number of carbonyl (C=O) groups excluding carboxylic acids is 1. The Morgan fingerprint density at radius 3 is 2.23 bits per heavy atom. The highest BCUT2D eigenvalue weighted by Gasteiger charge is 2.15. The van der Waals surface area contributed by atoms with Gasteiger partial charge in [0.25, 0.3) is 5.91 Å². The first-order valence-corrected chi connectivity index (χ1v) is 10.6. The van der Waals surface area contributed by atoms with Crippen molar-refractivity contribution in [1.29, 1.82) is 0 Å². The van der Waals surface area contributed by atoms with Crippen LogP contribution in [0.2, 0.25) is 0 Å². The van der Waals surface area contributed by atoms with Crippen LogP contribution in [-0.4, -0.2) is 49.8 Å². The van der Waals surface area contributed by atoms with E-state index in [0.29, 0.717) is 5.56 Å². The Balaban J connectivity index is 1.57. The molecule has 0 atom stereocenters. The monoisotopic (exact) mass is 369 g/mol. The van der Waals surface area contributed by atoms with Crippen LogP contribution >= 0.6 is 11.8 Å². The lowest BCUT2D eigenvalue weighted by molar-refractivity contribution is 0.102. The largest absolute Gasteiger partial charge is 0.369 e. The van der Waals surface area contributed by atoms with Gasteiger partial charge in [0.15, 0.2) is 0 Å². The molecule has 1 amide bonds. The van der Waals surface area contributed by atoms with E-state index < -0.39 is 0 Å². The predicted molar refractivity (Wildman–Crippen MR) is 112 cm³/mol. The van der Waals surface area contributed by atoms with Gasteiger partial charge in [-0.25, -0.2) is 0 Å². The number of piperazine rings is 1. The van der Waals surface area contributed by atoms with Crippen molar-refractivity contribution in [2.45, 2.75) is 12.7 Å². The maximum Gasteiger partial charge on any atom is 0.255 e. The molecule has 0 aliphatic carbocycles. The van der Waals surface area contributed by atoms with E-state index in [4.69, 9.17) is 0 Å². The molecule has 138 valence electrons. The van der Waals surface area contributed by atoms with Gasteiger partial charge in [-0.1, -0.05) is 19.1 Å². The second-order valence-corrected chi connectivity index (χ2v) is 7.42. The van der Waals surface area contributed by atoms with Crippen LogP contribution in [0.3, 0.4) is 0 Å². The summed E-state index contributed by atoms with van der Waals surface area (Å²) in [6.07, 6.45) is 2.08. The number of hydrogen-bond donors (Lipinski definition) is 1. The van der Waals surface area contributed by atoms with Crippen LogP contribution in [0.4, 0.5) is 11.4 Å². The molecule has 1 aliphatic heterocycles. The van der Waals surface area contributed by atoms with Gasteiger partial charge in [0.1, 0.15) is 0 Å². The lowest BCUT2D eigenvalue weighted by Gasteiger charge is -2.35. The molecule has 3 rings (SSSR count). The van der Waals surface area contributed by atoms with E-state index in [-0.39, 0.29) is 5.91 Å². The second-order valence-electron chi connectivity index (χ2n) is 6.55. The number of carbonyl (C=O) groups is 1. The molecule has 1 saturated heterocycles. The molecule has 1 fully saturated rings. The molecule has 0 bridgehead atoms. The fourth-order valence-corrected chi connectivity index (χ4v) is 3.73. The minimum absolute atomic E-state index is 0.0648. The van der Waals surface area contributed by atoms with Gasteiger partial charge in [0.05, 0.1) is 0 Å². The molecule has 0 spiro atoms. The summed E-state index contributed by atoms with van der Waals surface area (Å²) in [7, 11) is 0. The first kappa shape index (κ1) is 18.8. The van der Waals surface area contributed by atoms with E-state index in [0.717, 1.165) is 44.2 Å². The molecule has 5 heteroatoms. The quantitative estimate of drug-likeness (QED) is 0.836. The highest BCUT2D eigenvalue weighted by Crippen LogP contribution is 2.20. The molecule has 2 aromatic carbocycles. The Morgan fingerprint density at radius 1 is 1.00 bits per heavy atom. The molecule has 0 radical (unpaired) electrons. The molecule has 2 aromatic rings. The van der Waals surface area contributed by atoms with Crippen LogP contribution < -0.4 is 10.2 Å². The molecule has 0 unspecified atom stereocenters. The molecular weight excluding hydrogens is 342 g/mol. The zero-order chi connectivity index (χ0) is 18.4. The van der Waals surface area contributed by atoms with Crippen molar-refractivity contribution in [1.82, 2.24) is 4.90 Å². The van der Waals surface area contributed by atoms with E-state index in [1.807, 2.05) is 36.4 Å².